The molecule has 0 bridgehead atoms. The smallest absolute Gasteiger partial charge is 0.389 e. The van der Waals surface area contributed by atoms with E-state index in [-0.39, 0.29) is 17.4 Å². The van der Waals surface area contributed by atoms with Crippen LogP contribution in [-0.2, 0) is 10.3 Å². The second-order valence-electron chi connectivity index (χ2n) is 7.53. The lowest BCUT2D eigenvalue weighted by Crippen LogP contribution is -2.60. The van der Waals surface area contributed by atoms with Gasteiger partial charge in [-0.15, -0.1) is 0 Å². The van der Waals surface area contributed by atoms with Gasteiger partial charge in [0, 0.05) is 0 Å². The van der Waals surface area contributed by atoms with Gasteiger partial charge in [0.05, 0.1) is 18.5 Å². The second-order valence-corrected chi connectivity index (χ2v) is 7.53. The Morgan fingerprint density at radius 1 is 1.25 bits per heavy atom. The highest BCUT2D eigenvalue weighted by molar-refractivity contribution is 5.90. The molecule has 0 saturated heterocycles. The van der Waals surface area contributed by atoms with Crippen LogP contribution >= 0.6 is 0 Å². The Morgan fingerprint density at radius 2 is 1.94 bits per heavy atom. The van der Waals surface area contributed by atoms with Gasteiger partial charge in [0.25, 0.3) is 0 Å². The van der Waals surface area contributed by atoms with E-state index in [0.29, 0.717) is 11.4 Å². The van der Waals surface area contributed by atoms with E-state index in [1.807, 2.05) is 0 Å². The van der Waals surface area contributed by atoms with Crippen LogP contribution in [0.5, 0.6) is 5.88 Å². The summed E-state index contributed by atoms with van der Waals surface area (Å²) in [5.41, 5.74) is 1.70. The third-order valence-electron chi connectivity index (χ3n) is 4.84. The van der Waals surface area contributed by atoms with Crippen LogP contribution in [0.4, 0.5) is 28.2 Å². The molecule has 1 aliphatic rings. The van der Waals surface area contributed by atoms with Crippen molar-refractivity contribution in [2.75, 3.05) is 11.9 Å². The van der Waals surface area contributed by atoms with E-state index in [1.54, 1.807) is 13.8 Å². The summed E-state index contributed by atoms with van der Waals surface area (Å²) in [5.74, 6) is -1.91. The van der Waals surface area contributed by atoms with Crippen LogP contribution < -0.4 is 15.8 Å². The number of aromatic nitrogens is 3. The predicted molar refractivity (Wildman–Crippen MR) is 105 cm³/mol. The first-order valence-electron chi connectivity index (χ1n) is 9.28. The molecular weight excluding hydrogens is 436 g/mol. The Labute approximate surface area is 180 Å². The molecule has 3 rings (SSSR count). The van der Waals surface area contributed by atoms with Crippen molar-refractivity contribution < 1.29 is 31.8 Å². The van der Waals surface area contributed by atoms with Crippen molar-refractivity contribution in [2.45, 2.75) is 45.0 Å². The lowest BCUT2D eigenvalue weighted by molar-refractivity contribution is -0.249. The van der Waals surface area contributed by atoms with Crippen LogP contribution in [0.25, 0.3) is 0 Å². The lowest BCUT2D eigenvalue weighted by atomic mass is 9.93. The number of pyridine rings is 1. The van der Waals surface area contributed by atoms with E-state index in [1.165, 1.54) is 13.1 Å². The van der Waals surface area contributed by atoms with Gasteiger partial charge in [-0.1, -0.05) is 0 Å². The number of amidine groups is 1. The Balaban J connectivity index is 1.85. The van der Waals surface area contributed by atoms with E-state index in [4.69, 9.17) is 15.2 Å². The molecule has 1 aliphatic heterocycles. The van der Waals surface area contributed by atoms with Gasteiger partial charge in [0.15, 0.2) is 0 Å². The van der Waals surface area contributed by atoms with Crippen LogP contribution in [-0.4, -0.2) is 45.3 Å². The topological polar surface area (TPSA) is 125 Å². The van der Waals surface area contributed by atoms with E-state index >= 15 is 0 Å². The molecule has 0 unspecified atom stereocenters. The molecule has 3 heterocycles. The Hall–Kier alpha value is -3.35. The van der Waals surface area contributed by atoms with Crippen molar-refractivity contribution in [3.8, 4) is 5.88 Å². The number of nitrogens with zero attached hydrogens (tertiary/aromatic N) is 4. The van der Waals surface area contributed by atoms with Crippen molar-refractivity contribution in [1.82, 2.24) is 15.0 Å². The van der Waals surface area contributed by atoms with Crippen LogP contribution in [0.2, 0.25) is 0 Å². The number of nitrogens with two attached hydrogens (primary N) is 1. The Bertz CT molecular complexity index is 1090. The van der Waals surface area contributed by atoms with Gasteiger partial charge in [-0.2, -0.15) is 13.2 Å². The minimum atomic E-state index is -4.82. The molecule has 0 aliphatic carbocycles. The van der Waals surface area contributed by atoms with Crippen molar-refractivity contribution >= 4 is 17.7 Å². The van der Waals surface area contributed by atoms with Crippen molar-refractivity contribution in [3.63, 3.8) is 0 Å². The van der Waals surface area contributed by atoms with Crippen molar-refractivity contribution in [2.24, 2.45) is 10.7 Å². The molecule has 9 nitrogen and oxygen atoms in total. The van der Waals surface area contributed by atoms with Gasteiger partial charge in [-0.05, 0) is 39.8 Å². The minimum absolute atomic E-state index is 0.0353. The number of aliphatic imine (C=N–C) groups is 1. The average molecular weight is 456 g/mol. The normalized spacial score (nSPS) is 23.4. The Morgan fingerprint density at radius 3 is 2.53 bits per heavy atom. The van der Waals surface area contributed by atoms with Gasteiger partial charge in [0.2, 0.25) is 11.5 Å². The van der Waals surface area contributed by atoms with Crippen LogP contribution in [0.3, 0.4) is 0 Å². The fourth-order valence-electron chi connectivity index (χ4n) is 2.91. The molecule has 2 aromatic heterocycles. The summed E-state index contributed by atoms with van der Waals surface area (Å²) in [6.07, 6.45) is -4.39. The third kappa shape index (κ3) is 4.33. The third-order valence-corrected chi connectivity index (χ3v) is 4.84. The zero-order valence-corrected chi connectivity index (χ0v) is 17.5. The zero-order chi connectivity index (χ0) is 23.9. The standard InChI is InChI=1S/C19H20F4N6O3/c1-9-7-25-14(10(2)26-9)32-16(30)28-12-6-5-11(20)13(27-12)17(3)8-31-18(4,15(24)29-17)19(21,22)23/h5-7H,8H2,1-4H3,(H2,24,29)(H,27,28,30)/t17-,18+/m0/s1. The van der Waals surface area contributed by atoms with Crippen LogP contribution in [0, 0.1) is 19.7 Å². The number of anilines is 1. The number of carbonyl (C=O) groups is 1. The number of alkyl halides is 3. The van der Waals surface area contributed by atoms with E-state index in [9.17, 15) is 22.4 Å². The molecule has 0 radical (unpaired) electrons. The van der Waals surface area contributed by atoms with Crippen molar-refractivity contribution in [1.29, 1.82) is 0 Å². The summed E-state index contributed by atoms with van der Waals surface area (Å²) in [5, 5.41) is 2.30. The maximum atomic E-state index is 14.5. The highest BCUT2D eigenvalue weighted by Gasteiger charge is 2.59. The van der Waals surface area contributed by atoms with E-state index in [0.717, 1.165) is 19.1 Å². The molecular formula is C19H20F4N6O3. The van der Waals surface area contributed by atoms with E-state index < -0.39 is 41.7 Å². The first-order chi connectivity index (χ1) is 14.7. The summed E-state index contributed by atoms with van der Waals surface area (Å²) < 4.78 is 64.5. The SMILES string of the molecule is Cc1cnc(OC(=O)Nc2ccc(F)c([C@]3(C)CO[C@@](C)(C(F)(F)F)C(N)=N3)n2)c(C)n1. The number of hydrogen-bond donors (Lipinski definition) is 2. The number of carbonyl (C=O) groups excluding carboxylic acids is 1. The fraction of sp³-hybridized carbons (Fsp3) is 0.421. The molecule has 2 aromatic rings. The molecule has 0 aromatic carbocycles. The summed E-state index contributed by atoms with van der Waals surface area (Å²) in [6.45, 7) is 4.71. The number of hydrogen-bond acceptors (Lipinski definition) is 8. The van der Waals surface area contributed by atoms with Crippen LogP contribution in [0.15, 0.2) is 23.3 Å². The Kier molecular flexibility index (Phi) is 5.80. The largest absolute Gasteiger partial charge is 0.424 e. The maximum absolute atomic E-state index is 14.5. The van der Waals surface area contributed by atoms with Gasteiger partial charge in [-0.25, -0.2) is 19.2 Å². The summed E-state index contributed by atoms with van der Waals surface area (Å²) in [4.78, 5) is 28.1. The average Bonchev–Trinajstić information content (AvgIpc) is 2.68. The minimum Gasteiger partial charge on any atom is -0.389 e. The number of aryl methyl sites for hydroxylation is 2. The first kappa shape index (κ1) is 23.3. The molecule has 2 atom stereocenters. The molecule has 0 fully saturated rings. The summed E-state index contributed by atoms with van der Waals surface area (Å²) in [6, 6.07) is 2.12. The highest BCUT2D eigenvalue weighted by atomic mass is 19.4. The number of halogens is 4. The zero-order valence-electron chi connectivity index (χ0n) is 17.5. The monoisotopic (exact) mass is 456 g/mol. The number of nitrogens with one attached hydrogen (secondary N) is 1. The van der Waals surface area contributed by atoms with Crippen LogP contribution in [0.1, 0.15) is 30.9 Å². The predicted octanol–water partition coefficient (Wildman–Crippen LogP) is 3.16. The molecule has 172 valence electrons. The number of rotatable bonds is 3. The molecule has 0 saturated carbocycles. The molecule has 13 heteroatoms. The van der Waals surface area contributed by atoms with Gasteiger partial charge >= 0.3 is 12.3 Å². The molecule has 0 spiro atoms. The van der Waals surface area contributed by atoms with Crippen molar-refractivity contribution in [3.05, 3.63) is 41.2 Å². The molecule has 32 heavy (non-hydrogen) atoms. The van der Waals surface area contributed by atoms with Gasteiger partial charge < -0.3 is 15.2 Å². The fourth-order valence-corrected chi connectivity index (χ4v) is 2.91. The summed E-state index contributed by atoms with van der Waals surface area (Å²) >= 11 is 0. The first-order valence-corrected chi connectivity index (χ1v) is 9.28. The quantitative estimate of drug-likeness (QED) is 0.680. The molecule has 3 N–H and O–H groups in total. The van der Waals surface area contributed by atoms with E-state index in [2.05, 4.69) is 25.3 Å². The molecule has 1 amide bonds. The number of ether oxygens (including phenoxy) is 2. The lowest BCUT2D eigenvalue weighted by Gasteiger charge is -2.40. The summed E-state index contributed by atoms with van der Waals surface area (Å²) in [7, 11) is 0. The maximum Gasteiger partial charge on any atom is 0.424 e. The highest BCUT2D eigenvalue weighted by Crippen LogP contribution is 2.41. The van der Waals surface area contributed by atoms with Gasteiger partial charge in [0.1, 0.15) is 34.4 Å². The second kappa shape index (κ2) is 7.97. The van der Waals surface area contributed by atoms with Gasteiger partial charge in [-0.3, -0.25) is 15.3 Å². The number of amides is 1.